The Kier molecular flexibility index (Phi) is 7.79. The van der Waals surface area contributed by atoms with Gasteiger partial charge in [-0.3, -0.25) is 4.98 Å². The Balaban J connectivity index is 1.62. The zero-order chi connectivity index (χ0) is 24.5. The van der Waals surface area contributed by atoms with Crippen LogP contribution in [-0.4, -0.2) is 28.9 Å². The minimum Gasteiger partial charge on any atom is -0.380 e. The smallest absolute Gasteiger partial charge is 0.241 e. The van der Waals surface area contributed by atoms with Crippen molar-refractivity contribution in [3.05, 3.63) is 48.3 Å². The van der Waals surface area contributed by atoms with E-state index < -0.39 is 15.6 Å². The number of nitrogens with one attached hydrogen (secondary N) is 3. The zero-order valence-electron chi connectivity index (χ0n) is 20.5. The van der Waals surface area contributed by atoms with Gasteiger partial charge in [0.05, 0.1) is 16.3 Å². The van der Waals surface area contributed by atoms with Crippen molar-refractivity contribution in [1.82, 2.24) is 9.71 Å². The molecule has 8 heteroatoms. The van der Waals surface area contributed by atoms with E-state index in [1.54, 1.807) is 24.5 Å². The van der Waals surface area contributed by atoms with Gasteiger partial charge >= 0.3 is 0 Å². The number of benzene rings is 1. The molecule has 2 aliphatic carbocycles. The Hall–Kier alpha value is -1.39. The molecule has 4 rings (SSSR count). The van der Waals surface area contributed by atoms with Crippen LogP contribution < -0.4 is 15.4 Å². The quantitative estimate of drug-likeness (QED) is 0.278. The lowest BCUT2D eigenvalue weighted by Crippen LogP contribution is -2.45. The maximum Gasteiger partial charge on any atom is 0.241 e. The van der Waals surface area contributed by atoms with Crippen LogP contribution in [0.25, 0.3) is 0 Å². The molecule has 1 aromatic heterocycles. The summed E-state index contributed by atoms with van der Waals surface area (Å²) in [6.45, 7) is 8.51. The summed E-state index contributed by atoms with van der Waals surface area (Å²) in [5.41, 5.74) is 2.32. The summed E-state index contributed by atoms with van der Waals surface area (Å²) in [6.07, 6.45) is 8.70. The van der Waals surface area contributed by atoms with Crippen molar-refractivity contribution in [2.75, 3.05) is 10.6 Å². The molecule has 0 radical (unpaired) electrons. The third kappa shape index (κ3) is 6.43. The van der Waals surface area contributed by atoms with Crippen LogP contribution in [0, 0.1) is 17.8 Å². The van der Waals surface area contributed by atoms with Crippen LogP contribution in [0.2, 0.25) is 0 Å². The summed E-state index contributed by atoms with van der Waals surface area (Å²) in [7, 11) is -3.63. The number of pyridine rings is 1. The number of rotatable bonds is 7. The first-order valence-corrected chi connectivity index (χ1v) is 14.9. The summed E-state index contributed by atoms with van der Waals surface area (Å²) >= 11 is 2.62. The van der Waals surface area contributed by atoms with E-state index in [9.17, 15) is 8.42 Å². The van der Waals surface area contributed by atoms with Crippen molar-refractivity contribution in [3.63, 3.8) is 0 Å². The lowest BCUT2D eigenvalue weighted by atomic mass is 9.65. The van der Waals surface area contributed by atoms with E-state index in [0.29, 0.717) is 24.4 Å². The minimum atomic E-state index is -3.63. The van der Waals surface area contributed by atoms with Crippen molar-refractivity contribution in [2.24, 2.45) is 17.8 Å². The molecule has 2 aliphatic rings. The number of sulfonamides is 1. The van der Waals surface area contributed by atoms with Crippen molar-refractivity contribution in [2.45, 2.75) is 80.3 Å². The second kappa shape index (κ2) is 10.3. The highest BCUT2D eigenvalue weighted by Gasteiger charge is 2.40. The molecule has 3 N–H and O–H groups in total. The molecule has 5 atom stereocenters. The third-order valence-electron chi connectivity index (χ3n) is 6.91. The van der Waals surface area contributed by atoms with Crippen LogP contribution in [0.1, 0.15) is 58.9 Å². The van der Waals surface area contributed by atoms with Crippen LogP contribution in [0.4, 0.5) is 11.4 Å². The van der Waals surface area contributed by atoms with Crippen LogP contribution in [0.5, 0.6) is 0 Å². The van der Waals surface area contributed by atoms with E-state index in [2.05, 4.69) is 49.9 Å². The molecule has 186 valence electrons. The molecule has 2 bridgehead atoms. The van der Waals surface area contributed by atoms with Crippen molar-refractivity contribution in [1.29, 1.82) is 0 Å². The predicted molar refractivity (Wildman–Crippen MR) is 148 cm³/mol. The molecule has 1 aromatic carbocycles. The van der Waals surface area contributed by atoms with Gasteiger partial charge in [-0.1, -0.05) is 29.5 Å². The molecular weight excluding hydrogens is 559 g/mol. The number of nitrogens with zero attached hydrogens (tertiary/aromatic N) is 1. The standard InChI is InChI=1S/C26H37IN4O2S/c1-17-11-19-12-20(14-21(27)13-19)25(17)30-23-6-5-22(34(32,33)31-26(2,3)4)15-24(23)29-16-18-7-9-28-10-8-18/h5-10,15,17,19-21,25,29-31H,11-14,16H2,1-4H3. The van der Waals surface area contributed by atoms with Crippen molar-refractivity contribution < 1.29 is 8.42 Å². The van der Waals surface area contributed by atoms with E-state index in [0.717, 1.165) is 26.8 Å². The fourth-order valence-corrected chi connectivity index (χ4v) is 8.41. The van der Waals surface area contributed by atoms with E-state index in [-0.39, 0.29) is 4.90 Å². The highest BCUT2D eigenvalue weighted by molar-refractivity contribution is 14.1. The summed E-state index contributed by atoms with van der Waals surface area (Å²) in [5, 5.41) is 7.33. The molecule has 0 aliphatic heterocycles. The van der Waals surface area contributed by atoms with Crippen LogP contribution in [0.15, 0.2) is 47.6 Å². The fourth-order valence-electron chi connectivity index (χ4n) is 5.59. The fraction of sp³-hybridized carbons (Fsp3) is 0.577. The van der Waals surface area contributed by atoms with Crippen LogP contribution in [0.3, 0.4) is 0 Å². The monoisotopic (exact) mass is 596 g/mol. The first-order chi connectivity index (χ1) is 16.0. The zero-order valence-corrected chi connectivity index (χ0v) is 23.5. The van der Waals surface area contributed by atoms with Gasteiger partial charge in [-0.05, 0) is 100 Å². The topological polar surface area (TPSA) is 83.1 Å². The lowest BCUT2D eigenvalue weighted by molar-refractivity contribution is 0.136. The largest absolute Gasteiger partial charge is 0.380 e. The molecule has 0 saturated heterocycles. The molecule has 0 amide bonds. The predicted octanol–water partition coefficient (Wildman–Crippen LogP) is 5.81. The van der Waals surface area contributed by atoms with Gasteiger partial charge < -0.3 is 10.6 Å². The van der Waals surface area contributed by atoms with Gasteiger partial charge in [-0.25, -0.2) is 13.1 Å². The van der Waals surface area contributed by atoms with Crippen LogP contribution in [-0.2, 0) is 16.6 Å². The highest BCUT2D eigenvalue weighted by Crippen LogP contribution is 2.46. The first-order valence-electron chi connectivity index (χ1n) is 12.2. The molecule has 6 nitrogen and oxygen atoms in total. The summed E-state index contributed by atoms with van der Waals surface area (Å²) in [4.78, 5) is 4.36. The Morgan fingerprint density at radius 2 is 1.76 bits per heavy atom. The molecular formula is C26H37IN4O2S. The molecule has 0 spiro atoms. The normalized spacial score (nSPS) is 27.3. The number of halogens is 1. The Labute approximate surface area is 218 Å². The van der Waals surface area contributed by atoms with Gasteiger partial charge in [0, 0.05) is 34.4 Å². The highest BCUT2D eigenvalue weighted by atomic mass is 127. The van der Waals surface area contributed by atoms with E-state index in [1.807, 2.05) is 39.0 Å². The summed E-state index contributed by atoms with van der Waals surface area (Å²) in [5.74, 6) is 2.09. The van der Waals surface area contributed by atoms with Gasteiger partial charge in [-0.2, -0.15) is 0 Å². The van der Waals surface area contributed by atoms with Gasteiger partial charge in [0.2, 0.25) is 10.0 Å². The van der Waals surface area contributed by atoms with Gasteiger partial charge in [0.15, 0.2) is 0 Å². The number of fused-ring (bicyclic) bond motifs is 2. The average Bonchev–Trinajstić information content (AvgIpc) is 2.74. The lowest BCUT2D eigenvalue weighted by Gasteiger charge is -2.46. The molecule has 34 heavy (non-hydrogen) atoms. The maximum atomic E-state index is 13.0. The Bertz CT molecular complexity index is 1080. The first kappa shape index (κ1) is 25.7. The average molecular weight is 597 g/mol. The molecule has 5 unspecified atom stereocenters. The van der Waals surface area contributed by atoms with E-state index >= 15 is 0 Å². The second-order valence-corrected chi connectivity index (χ2v) is 14.5. The SMILES string of the molecule is CC1CC2CC(I)CC(C2)C1Nc1ccc(S(=O)(=O)NC(C)(C)C)cc1NCc1ccncc1. The number of aromatic nitrogens is 1. The summed E-state index contributed by atoms with van der Waals surface area (Å²) in [6, 6.07) is 9.73. The Morgan fingerprint density at radius 3 is 2.47 bits per heavy atom. The third-order valence-corrected chi connectivity index (χ3v) is 9.68. The van der Waals surface area contributed by atoms with Gasteiger partial charge in [0.25, 0.3) is 0 Å². The number of hydrogen-bond acceptors (Lipinski definition) is 5. The van der Waals surface area contributed by atoms with Gasteiger partial charge in [-0.15, -0.1) is 0 Å². The molecule has 2 saturated carbocycles. The second-order valence-electron chi connectivity index (χ2n) is 11.1. The molecule has 1 heterocycles. The number of hydrogen-bond donors (Lipinski definition) is 3. The number of alkyl halides is 1. The Morgan fingerprint density at radius 1 is 1.03 bits per heavy atom. The van der Waals surface area contributed by atoms with E-state index in [1.165, 1.54) is 25.7 Å². The maximum absolute atomic E-state index is 13.0. The minimum absolute atomic E-state index is 0.270. The van der Waals surface area contributed by atoms with Crippen molar-refractivity contribution in [3.8, 4) is 0 Å². The number of anilines is 2. The van der Waals surface area contributed by atoms with Crippen molar-refractivity contribution >= 4 is 44.0 Å². The molecule has 2 fully saturated rings. The van der Waals surface area contributed by atoms with Gasteiger partial charge in [0.1, 0.15) is 0 Å². The summed E-state index contributed by atoms with van der Waals surface area (Å²) < 4.78 is 29.6. The molecule has 2 aromatic rings. The van der Waals surface area contributed by atoms with Crippen LogP contribution >= 0.6 is 22.6 Å². The van der Waals surface area contributed by atoms with E-state index in [4.69, 9.17) is 0 Å².